The topological polar surface area (TPSA) is 67.1 Å². The molecule has 0 saturated carbocycles. The number of hydrogen-bond donors (Lipinski definition) is 1. The number of nitrogens with zero attached hydrogens (tertiary/aromatic N) is 5. The zero-order valence-corrected chi connectivity index (χ0v) is 10.7. The minimum atomic E-state index is -0.260. The number of aliphatic hydroxyl groups is 1. The molecule has 0 atom stereocenters. The third-order valence-corrected chi connectivity index (χ3v) is 3.51. The van der Waals surface area contributed by atoms with Gasteiger partial charge in [-0.2, -0.15) is 5.10 Å². The molecule has 20 heavy (non-hydrogen) atoms. The van der Waals surface area contributed by atoms with Gasteiger partial charge in [0.05, 0.1) is 23.4 Å². The number of hydrogen-bond acceptors (Lipinski definition) is 5. The van der Waals surface area contributed by atoms with Gasteiger partial charge in [0.25, 0.3) is 0 Å². The van der Waals surface area contributed by atoms with Crippen LogP contribution in [0.3, 0.4) is 0 Å². The number of aliphatic hydroxyl groups excluding tert-OH is 1. The number of aromatic nitrogens is 4. The van der Waals surface area contributed by atoms with E-state index in [0.29, 0.717) is 13.1 Å². The van der Waals surface area contributed by atoms with Gasteiger partial charge < -0.3 is 10.0 Å². The molecule has 1 N–H and O–H groups in total. The highest BCUT2D eigenvalue weighted by Gasteiger charge is 2.27. The van der Waals surface area contributed by atoms with Crippen LogP contribution in [0.1, 0.15) is 0 Å². The fourth-order valence-corrected chi connectivity index (χ4v) is 2.47. The molecule has 0 unspecified atom stereocenters. The van der Waals surface area contributed by atoms with Crippen LogP contribution in [-0.4, -0.2) is 44.0 Å². The van der Waals surface area contributed by atoms with Crippen LogP contribution in [0.5, 0.6) is 0 Å². The van der Waals surface area contributed by atoms with Crippen molar-refractivity contribution in [3.8, 4) is 5.69 Å². The first-order chi connectivity index (χ1) is 9.83. The summed E-state index contributed by atoms with van der Waals surface area (Å²) in [5, 5.41) is 14.7. The van der Waals surface area contributed by atoms with Gasteiger partial charge in [-0.05, 0) is 12.1 Å². The first-order valence-electron chi connectivity index (χ1n) is 6.50. The van der Waals surface area contributed by atoms with Crippen molar-refractivity contribution in [2.24, 2.45) is 0 Å². The van der Waals surface area contributed by atoms with Crippen LogP contribution in [0.4, 0.5) is 5.82 Å². The van der Waals surface area contributed by atoms with Crippen LogP contribution in [0.25, 0.3) is 16.7 Å². The molecule has 0 radical (unpaired) electrons. The van der Waals surface area contributed by atoms with Crippen molar-refractivity contribution in [2.45, 2.75) is 6.10 Å². The number of β-amino-alcohol motifs (C(OH)–C–C–N with tert-alkyl or cyclic N) is 1. The van der Waals surface area contributed by atoms with E-state index in [-0.39, 0.29) is 6.10 Å². The predicted molar refractivity (Wildman–Crippen MR) is 74.9 cm³/mol. The molecular formula is C14H13N5O. The van der Waals surface area contributed by atoms with Gasteiger partial charge in [0.1, 0.15) is 12.1 Å². The minimum absolute atomic E-state index is 0.260. The highest BCUT2D eigenvalue weighted by atomic mass is 16.3. The summed E-state index contributed by atoms with van der Waals surface area (Å²) in [5.41, 5.74) is 1.75. The summed E-state index contributed by atoms with van der Waals surface area (Å²) in [4.78, 5) is 10.7. The average Bonchev–Trinajstić information content (AvgIpc) is 2.89. The molecule has 2 aromatic heterocycles. The molecule has 100 valence electrons. The molecule has 0 amide bonds. The summed E-state index contributed by atoms with van der Waals surface area (Å²) in [7, 11) is 0. The number of rotatable bonds is 2. The number of benzene rings is 1. The van der Waals surface area contributed by atoms with Gasteiger partial charge in [-0.1, -0.05) is 18.2 Å². The highest BCUT2D eigenvalue weighted by molar-refractivity contribution is 5.88. The zero-order chi connectivity index (χ0) is 13.5. The van der Waals surface area contributed by atoms with Crippen LogP contribution in [-0.2, 0) is 0 Å². The molecule has 1 saturated heterocycles. The number of para-hydroxylation sites is 1. The zero-order valence-electron chi connectivity index (χ0n) is 10.7. The van der Waals surface area contributed by atoms with Crippen LogP contribution in [0.15, 0.2) is 42.9 Å². The number of fused-ring (bicyclic) bond motifs is 1. The molecule has 1 aliphatic rings. The van der Waals surface area contributed by atoms with E-state index in [1.807, 2.05) is 35.2 Å². The van der Waals surface area contributed by atoms with Gasteiger partial charge in [-0.15, -0.1) is 0 Å². The Bertz CT molecular complexity index is 749. The normalized spacial score (nSPS) is 15.6. The Labute approximate surface area is 115 Å². The molecule has 0 spiro atoms. The van der Waals surface area contributed by atoms with E-state index in [0.717, 1.165) is 22.5 Å². The van der Waals surface area contributed by atoms with Crippen molar-refractivity contribution < 1.29 is 5.11 Å². The summed E-state index contributed by atoms with van der Waals surface area (Å²) >= 11 is 0. The van der Waals surface area contributed by atoms with Crippen LogP contribution in [0, 0.1) is 0 Å². The fraction of sp³-hybridized carbons (Fsp3) is 0.214. The molecule has 0 bridgehead atoms. The van der Waals surface area contributed by atoms with Crippen molar-refractivity contribution in [2.75, 3.05) is 18.0 Å². The standard InChI is InChI=1S/C14H13N5O/c20-11-7-18(8-11)13-12-6-17-19(14(12)16-9-15-13)10-4-2-1-3-5-10/h1-6,9,11,20H,7-8H2. The van der Waals surface area contributed by atoms with Crippen LogP contribution in [0.2, 0.25) is 0 Å². The van der Waals surface area contributed by atoms with E-state index in [1.54, 1.807) is 17.2 Å². The van der Waals surface area contributed by atoms with Gasteiger partial charge >= 0.3 is 0 Å². The summed E-state index contributed by atoms with van der Waals surface area (Å²) in [6.45, 7) is 1.23. The maximum atomic E-state index is 9.43. The largest absolute Gasteiger partial charge is 0.389 e. The van der Waals surface area contributed by atoms with Gasteiger partial charge in [0.2, 0.25) is 0 Å². The first kappa shape index (κ1) is 11.4. The van der Waals surface area contributed by atoms with Crippen LogP contribution >= 0.6 is 0 Å². The van der Waals surface area contributed by atoms with E-state index in [1.165, 1.54) is 0 Å². The van der Waals surface area contributed by atoms with Crippen molar-refractivity contribution in [1.82, 2.24) is 19.7 Å². The van der Waals surface area contributed by atoms with Crippen molar-refractivity contribution in [1.29, 1.82) is 0 Å². The highest BCUT2D eigenvalue weighted by Crippen LogP contribution is 2.27. The second-order valence-electron chi connectivity index (χ2n) is 4.89. The molecule has 1 aromatic carbocycles. The smallest absolute Gasteiger partial charge is 0.168 e. The Morgan fingerprint density at radius 1 is 1.10 bits per heavy atom. The summed E-state index contributed by atoms with van der Waals surface area (Å²) in [6, 6.07) is 9.88. The molecule has 1 aliphatic heterocycles. The Morgan fingerprint density at radius 3 is 2.65 bits per heavy atom. The Kier molecular flexibility index (Phi) is 2.43. The minimum Gasteiger partial charge on any atom is -0.389 e. The molecule has 4 rings (SSSR count). The summed E-state index contributed by atoms with van der Waals surface area (Å²) in [5.74, 6) is 0.836. The Hall–Kier alpha value is -2.47. The molecule has 3 aromatic rings. The van der Waals surface area contributed by atoms with E-state index < -0.39 is 0 Å². The Morgan fingerprint density at radius 2 is 1.90 bits per heavy atom. The monoisotopic (exact) mass is 267 g/mol. The third kappa shape index (κ3) is 1.65. The van der Waals surface area contributed by atoms with Gasteiger partial charge in [-0.3, -0.25) is 0 Å². The van der Waals surface area contributed by atoms with Crippen molar-refractivity contribution >= 4 is 16.9 Å². The maximum Gasteiger partial charge on any atom is 0.168 e. The second kappa shape index (κ2) is 4.28. The first-order valence-corrected chi connectivity index (χ1v) is 6.50. The lowest BCUT2D eigenvalue weighted by molar-refractivity contribution is 0.141. The van der Waals surface area contributed by atoms with E-state index >= 15 is 0 Å². The summed E-state index contributed by atoms with van der Waals surface area (Å²) in [6.07, 6.45) is 3.07. The third-order valence-electron chi connectivity index (χ3n) is 3.51. The Balaban J connectivity index is 1.84. The maximum absolute atomic E-state index is 9.43. The van der Waals surface area contributed by atoms with Crippen molar-refractivity contribution in [3.05, 3.63) is 42.9 Å². The second-order valence-corrected chi connectivity index (χ2v) is 4.89. The lowest BCUT2D eigenvalue weighted by Crippen LogP contribution is -2.51. The SMILES string of the molecule is OC1CN(c2ncnc3c2cnn3-c2ccccc2)C1. The molecular weight excluding hydrogens is 254 g/mol. The van der Waals surface area contributed by atoms with Crippen molar-refractivity contribution in [3.63, 3.8) is 0 Å². The molecule has 0 aliphatic carbocycles. The quantitative estimate of drug-likeness (QED) is 0.750. The summed E-state index contributed by atoms with van der Waals surface area (Å²) < 4.78 is 1.80. The van der Waals surface area contributed by atoms with E-state index in [4.69, 9.17) is 0 Å². The fourth-order valence-electron chi connectivity index (χ4n) is 2.47. The predicted octanol–water partition coefficient (Wildman–Crippen LogP) is 0.996. The molecule has 1 fully saturated rings. The van der Waals surface area contributed by atoms with Gasteiger partial charge in [0, 0.05) is 13.1 Å². The molecule has 6 heteroatoms. The average molecular weight is 267 g/mol. The van der Waals surface area contributed by atoms with E-state index in [2.05, 4.69) is 15.1 Å². The molecule has 6 nitrogen and oxygen atoms in total. The van der Waals surface area contributed by atoms with Gasteiger partial charge in [-0.25, -0.2) is 14.6 Å². The molecule has 3 heterocycles. The van der Waals surface area contributed by atoms with Crippen LogP contribution < -0.4 is 4.90 Å². The van der Waals surface area contributed by atoms with Gasteiger partial charge in [0.15, 0.2) is 5.65 Å². The lowest BCUT2D eigenvalue weighted by Gasteiger charge is -2.36. The lowest BCUT2D eigenvalue weighted by atomic mass is 10.1. The van der Waals surface area contributed by atoms with E-state index in [9.17, 15) is 5.11 Å². The number of anilines is 1.